The van der Waals surface area contributed by atoms with E-state index in [9.17, 15) is 0 Å². The summed E-state index contributed by atoms with van der Waals surface area (Å²) in [6.07, 6.45) is 1.45. The van der Waals surface area contributed by atoms with Crippen LogP contribution in [0.3, 0.4) is 0 Å². The zero-order valence-corrected chi connectivity index (χ0v) is 12.4. The highest BCUT2D eigenvalue weighted by Gasteiger charge is 2.11. The molecule has 1 N–H and O–H groups in total. The number of halogens is 1. The minimum Gasteiger partial charge on any atom is -0.497 e. The van der Waals surface area contributed by atoms with Gasteiger partial charge in [0.2, 0.25) is 0 Å². The highest BCUT2D eigenvalue weighted by Crippen LogP contribution is 2.23. The number of aromatic nitrogens is 4. The van der Waals surface area contributed by atoms with E-state index in [1.807, 2.05) is 31.2 Å². The van der Waals surface area contributed by atoms with Gasteiger partial charge < -0.3 is 10.1 Å². The van der Waals surface area contributed by atoms with E-state index < -0.39 is 0 Å². The predicted molar refractivity (Wildman–Crippen MR) is 80.8 cm³/mol. The smallest absolute Gasteiger partial charge is 0.255 e. The molecule has 0 aliphatic carbocycles. The minimum atomic E-state index is 0.420. The van der Waals surface area contributed by atoms with Gasteiger partial charge in [-0.1, -0.05) is 23.7 Å². The lowest BCUT2D eigenvalue weighted by atomic mass is 10.2. The molecule has 0 radical (unpaired) electrons. The number of nitrogens with one attached hydrogen (secondary N) is 1. The molecule has 2 aromatic heterocycles. The number of fused-ring (bicyclic) bond motifs is 1. The van der Waals surface area contributed by atoms with Gasteiger partial charge in [0.25, 0.3) is 5.78 Å². The summed E-state index contributed by atoms with van der Waals surface area (Å²) in [5, 5.41) is 7.91. The largest absolute Gasteiger partial charge is 0.497 e. The Balaban J connectivity index is 1.91. The number of nitrogens with zero attached hydrogens (tertiary/aromatic N) is 4. The van der Waals surface area contributed by atoms with Gasteiger partial charge in [0.15, 0.2) is 0 Å². The summed E-state index contributed by atoms with van der Waals surface area (Å²) < 4.78 is 6.86. The maximum Gasteiger partial charge on any atom is 0.255 e. The molecule has 2 heterocycles. The normalized spacial score (nSPS) is 10.8. The molecule has 0 aliphatic rings. The fraction of sp³-hybridized carbons (Fsp3) is 0.214. The van der Waals surface area contributed by atoms with Gasteiger partial charge in [-0.25, -0.2) is 0 Å². The van der Waals surface area contributed by atoms with E-state index in [1.54, 1.807) is 11.6 Å². The van der Waals surface area contributed by atoms with E-state index in [4.69, 9.17) is 16.3 Å². The van der Waals surface area contributed by atoms with Gasteiger partial charge >= 0.3 is 0 Å². The number of hydrogen-bond acceptors (Lipinski definition) is 5. The number of hydrogen-bond donors (Lipinski definition) is 1. The van der Waals surface area contributed by atoms with Crippen LogP contribution in [0.25, 0.3) is 5.78 Å². The zero-order chi connectivity index (χ0) is 14.8. The number of ether oxygens (including phenoxy) is 1. The highest BCUT2D eigenvalue weighted by molar-refractivity contribution is 6.30. The number of rotatable bonds is 4. The third kappa shape index (κ3) is 2.62. The molecule has 6 nitrogen and oxygen atoms in total. The van der Waals surface area contributed by atoms with Gasteiger partial charge in [0.05, 0.1) is 7.11 Å². The summed E-state index contributed by atoms with van der Waals surface area (Å²) in [7, 11) is 1.65. The van der Waals surface area contributed by atoms with Crippen LogP contribution in [0.15, 0.2) is 30.6 Å². The molecule has 3 aromatic rings. The third-order valence-corrected chi connectivity index (χ3v) is 3.57. The molecule has 0 amide bonds. The summed E-state index contributed by atoms with van der Waals surface area (Å²) in [6.45, 7) is 2.51. The maximum absolute atomic E-state index is 6.13. The van der Waals surface area contributed by atoms with Crippen molar-refractivity contribution in [3.8, 4) is 5.75 Å². The van der Waals surface area contributed by atoms with Crippen molar-refractivity contribution in [2.75, 3.05) is 12.4 Å². The molecule has 0 saturated heterocycles. The van der Waals surface area contributed by atoms with Gasteiger partial charge in [0, 0.05) is 12.1 Å². The second kappa shape index (κ2) is 5.57. The molecule has 108 valence electrons. The number of anilines is 1. The molecular weight excluding hydrogens is 290 g/mol. The summed E-state index contributed by atoms with van der Waals surface area (Å²) in [5.74, 6) is 2.08. The molecule has 0 aliphatic heterocycles. The second-order valence-corrected chi connectivity index (χ2v) is 4.91. The summed E-state index contributed by atoms with van der Waals surface area (Å²) in [6, 6.07) is 7.86. The molecule has 0 atom stereocenters. The first-order valence-electron chi connectivity index (χ1n) is 6.41. The van der Waals surface area contributed by atoms with Crippen LogP contribution in [0.2, 0.25) is 5.15 Å². The third-order valence-electron chi connectivity index (χ3n) is 3.20. The minimum absolute atomic E-state index is 0.420. The average molecular weight is 304 g/mol. The van der Waals surface area contributed by atoms with E-state index in [-0.39, 0.29) is 0 Å². The maximum atomic E-state index is 6.13. The van der Waals surface area contributed by atoms with Gasteiger partial charge in [-0.15, -0.1) is 0 Å². The Labute approximate surface area is 126 Å². The van der Waals surface area contributed by atoms with Crippen LogP contribution in [0.5, 0.6) is 5.75 Å². The van der Waals surface area contributed by atoms with E-state index in [2.05, 4.69) is 20.4 Å². The Bertz CT molecular complexity index is 786. The molecule has 0 spiro atoms. The van der Waals surface area contributed by atoms with Crippen LogP contribution < -0.4 is 10.1 Å². The van der Waals surface area contributed by atoms with Crippen LogP contribution in [0.4, 0.5) is 5.82 Å². The molecule has 0 unspecified atom stereocenters. The summed E-state index contributed by atoms with van der Waals surface area (Å²) >= 11 is 6.13. The average Bonchev–Trinajstić information content (AvgIpc) is 2.95. The van der Waals surface area contributed by atoms with E-state index in [0.29, 0.717) is 17.5 Å². The van der Waals surface area contributed by atoms with E-state index in [0.717, 1.165) is 22.7 Å². The van der Waals surface area contributed by atoms with Crippen LogP contribution in [0.1, 0.15) is 11.1 Å². The quantitative estimate of drug-likeness (QED) is 0.751. The highest BCUT2D eigenvalue weighted by atomic mass is 35.5. The van der Waals surface area contributed by atoms with E-state index in [1.165, 1.54) is 6.33 Å². The lowest BCUT2D eigenvalue weighted by molar-refractivity contribution is 0.414. The van der Waals surface area contributed by atoms with Crippen molar-refractivity contribution < 1.29 is 4.74 Å². The molecule has 0 fully saturated rings. The zero-order valence-electron chi connectivity index (χ0n) is 11.7. The molecule has 21 heavy (non-hydrogen) atoms. The topological polar surface area (TPSA) is 64.3 Å². The van der Waals surface area contributed by atoms with Gasteiger partial charge in [-0.3, -0.25) is 0 Å². The second-order valence-electron chi connectivity index (χ2n) is 4.55. The van der Waals surface area contributed by atoms with Crippen LogP contribution in [-0.2, 0) is 6.54 Å². The Kier molecular flexibility index (Phi) is 3.62. The van der Waals surface area contributed by atoms with Crippen molar-refractivity contribution in [3.63, 3.8) is 0 Å². The summed E-state index contributed by atoms with van der Waals surface area (Å²) in [4.78, 5) is 8.23. The van der Waals surface area contributed by atoms with Crippen LogP contribution >= 0.6 is 11.6 Å². The van der Waals surface area contributed by atoms with Crippen LogP contribution in [0, 0.1) is 6.92 Å². The predicted octanol–water partition coefficient (Wildman–Crippen LogP) is 2.71. The molecule has 7 heteroatoms. The first kappa shape index (κ1) is 13.6. The van der Waals surface area contributed by atoms with Crippen molar-refractivity contribution in [3.05, 3.63) is 46.9 Å². The van der Waals surface area contributed by atoms with Gasteiger partial charge in [-0.05, 0) is 24.6 Å². The first-order chi connectivity index (χ1) is 10.2. The Morgan fingerprint density at radius 1 is 1.38 bits per heavy atom. The Hall–Kier alpha value is -2.34. The Morgan fingerprint density at radius 2 is 2.24 bits per heavy atom. The first-order valence-corrected chi connectivity index (χ1v) is 6.79. The van der Waals surface area contributed by atoms with Crippen molar-refractivity contribution in [1.29, 1.82) is 0 Å². The van der Waals surface area contributed by atoms with Gasteiger partial charge in [0.1, 0.15) is 23.0 Å². The molecular formula is C14H14ClN5O. The fourth-order valence-corrected chi connectivity index (χ4v) is 2.24. The van der Waals surface area contributed by atoms with Crippen molar-refractivity contribution in [2.24, 2.45) is 0 Å². The standard InChI is InChI=1S/C14H14ClN5O/c1-9-12(15)19-14-17-8-18-20(14)13(9)16-7-10-4-3-5-11(6-10)21-2/h3-6,8,16H,7H2,1-2H3. The Morgan fingerprint density at radius 3 is 3.05 bits per heavy atom. The molecule has 0 bridgehead atoms. The molecule has 3 rings (SSSR count). The van der Waals surface area contributed by atoms with Crippen molar-refractivity contribution >= 4 is 23.2 Å². The molecule has 0 saturated carbocycles. The van der Waals surface area contributed by atoms with E-state index >= 15 is 0 Å². The van der Waals surface area contributed by atoms with Crippen molar-refractivity contribution in [1.82, 2.24) is 19.6 Å². The monoisotopic (exact) mass is 303 g/mol. The fourth-order valence-electron chi connectivity index (χ4n) is 2.07. The number of benzene rings is 1. The SMILES string of the molecule is COc1cccc(CNc2c(C)c(Cl)nc3ncnn23)c1. The lowest BCUT2D eigenvalue weighted by Crippen LogP contribution is -2.09. The summed E-state index contributed by atoms with van der Waals surface area (Å²) in [5.41, 5.74) is 1.92. The number of methoxy groups -OCH3 is 1. The molecule has 1 aromatic carbocycles. The van der Waals surface area contributed by atoms with Crippen molar-refractivity contribution in [2.45, 2.75) is 13.5 Å². The lowest BCUT2D eigenvalue weighted by Gasteiger charge is -2.12. The van der Waals surface area contributed by atoms with Gasteiger partial charge in [-0.2, -0.15) is 19.6 Å². The van der Waals surface area contributed by atoms with Crippen LogP contribution in [-0.4, -0.2) is 26.7 Å².